The van der Waals surface area contributed by atoms with Crippen molar-refractivity contribution in [1.29, 1.82) is 0 Å². The van der Waals surface area contributed by atoms with Gasteiger partial charge >= 0.3 is 0 Å². The number of rotatable bonds is 3. The van der Waals surface area contributed by atoms with Crippen molar-refractivity contribution in [3.05, 3.63) is 42.6 Å². The molecule has 0 unspecified atom stereocenters. The fourth-order valence-corrected chi connectivity index (χ4v) is 1.98. The summed E-state index contributed by atoms with van der Waals surface area (Å²) in [7, 11) is 0. The van der Waals surface area contributed by atoms with Crippen molar-refractivity contribution in [2.45, 2.75) is 6.92 Å². The van der Waals surface area contributed by atoms with Gasteiger partial charge in [-0.2, -0.15) is 5.10 Å². The van der Waals surface area contributed by atoms with E-state index in [0.717, 1.165) is 28.0 Å². The number of fused-ring (bicyclic) bond motifs is 1. The van der Waals surface area contributed by atoms with Crippen LogP contribution in [0.4, 0.5) is 0 Å². The van der Waals surface area contributed by atoms with Gasteiger partial charge in [0.15, 0.2) is 5.65 Å². The summed E-state index contributed by atoms with van der Waals surface area (Å²) in [6.07, 6.45) is 1.74. The Morgan fingerprint density at radius 2 is 2.17 bits per heavy atom. The Balaban J connectivity index is 2.11. The minimum Gasteiger partial charge on any atom is -0.494 e. The first kappa shape index (κ1) is 10.8. The number of hydrogen-bond acceptors (Lipinski definition) is 3. The lowest BCUT2D eigenvalue weighted by Crippen LogP contribution is -1.91. The summed E-state index contributed by atoms with van der Waals surface area (Å²) < 4.78 is 5.51. The molecule has 2 heterocycles. The Bertz CT molecular complexity index is 675. The van der Waals surface area contributed by atoms with Gasteiger partial charge in [0.2, 0.25) is 0 Å². The Labute approximate surface area is 105 Å². The first-order chi connectivity index (χ1) is 8.88. The summed E-state index contributed by atoms with van der Waals surface area (Å²) in [6, 6.07) is 11.9. The molecule has 2 aromatic heterocycles. The van der Waals surface area contributed by atoms with Gasteiger partial charge in [0.05, 0.1) is 12.3 Å². The van der Waals surface area contributed by atoms with Crippen molar-refractivity contribution in [2.24, 2.45) is 0 Å². The molecule has 1 aromatic carbocycles. The first-order valence-electron chi connectivity index (χ1n) is 5.91. The lowest BCUT2D eigenvalue weighted by atomic mass is 10.1. The van der Waals surface area contributed by atoms with Gasteiger partial charge in [-0.15, -0.1) is 0 Å². The molecule has 0 radical (unpaired) electrons. The number of H-pyrrole nitrogens is 1. The zero-order valence-corrected chi connectivity index (χ0v) is 10.1. The molecule has 0 fully saturated rings. The molecule has 4 heteroatoms. The van der Waals surface area contributed by atoms with Crippen LogP contribution < -0.4 is 4.74 Å². The van der Waals surface area contributed by atoms with E-state index in [9.17, 15) is 0 Å². The van der Waals surface area contributed by atoms with Crippen molar-refractivity contribution < 1.29 is 4.74 Å². The van der Waals surface area contributed by atoms with Crippen molar-refractivity contribution in [3.8, 4) is 17.0 Å². The molecule has 0 amide bonds. The number of nitrogens with zero attached hydrogens (tertiary/aromatic N) is 2. The summed E-state index contributed by atoms with van der Waals surface area (Å²) in [5.74, 6) is 0.863. The zero-order chi connectivity index (χ0) is 12.4. The summed E-state index contributed by atoms with van der Waals surface area (Å²) in [5, 5.41) is 8.24. The summed E-state index contributed by atoms with van der Waals surface area (Å²) >= 11 is 0. The number of pyridine rings is 1. The smallest absolute Gasteiger partial charge is 0.181 e. The Kier molecular flexibility index (Phi) is 2.68. The summed E-state index contributed by atoms with van der Waals surface area (Å²) in [6.45, 7) is 2.64. The van der Waals surface area contributed by atoms with Crippen LogP contribution in [-0.2, 0) is 0 Å². The van der Waals surface area contributed by atoms with Crippen LogP contribution in [0.25, 0.3) is 22.3 Å². The summed E-state index contributed by atoms with van der Waals surface area (Å²) in [5.41, 5.74) is 2.76. The van der Waals surface area contributed by atoms with E-state index < -0.39 is 0 Å². The van der Waals surface area contributed by atoms with Crippen LogP contribution in [0.1, 0.15) is 6.92 Å². The van der Waals surface area contributed by atoms with Gasteiger partial charge in [-0.25, -0.2) is 4.98 Å². The molecular formula is C14H13N3O. The van der Waals surface area contributed by atoms with E-state index in [2.05, 4.69) is 15.2 Å². The minimum absolute atomic E-state index is 0.661. The van der Waals surface area contributed by atoms with E-state index in [1.165, 1.54) is 0 Å². The molecule has 0 saturated heterocycles. The first-order valence-corrected chi connectivity index (χ1v) is 5.91. The maximum Gasteiger partial charge on any atom is 0.181 e. The number of hydrogen-bond donors (Lipinski definition) is 1. The molecule has 0 atom stereocenters. The van der Waals surface area contributed by atoms with Gasteiger partial charge in [-0.3, -0.25) is 5.10 Å². The lowest BCUT2D eigenvalue weighted by molar-refractivity contribution is 0.340. The largest absolute Gasteiger partial charge is 0.494 e. The third kappa shape index (κ3) is 1.82. The molecule has 18 heavy (non-hydrogen) atoms. The molecule has 3 aromatic rings. The molecule has 1 N–H and O–H groups in total. The Hall–Kier alpha value is -2.36. The maximum atomic E-state index is 5.51. The van der Waals surface area contributed by atoms with Crippen LogP contribution in [0, 0.1) is 0 Å². The van der Waals surface area contributed by atoms with E-state index in [1.54, 1.807) is 6.20 Å². The number of benzene rings is 1. The van der Waals surface area contributed by atoms with Gasteiger partial charge in [-0.1, -0.05) is 12.1 Å². The van der Waals surface area contributed by atoms with E-state index in [4.69, 9.17) is 4.74 Å². The molecule has 90 valence electrons. The van der Waals surface area contributed by atoms with Gasteiger partial charge in [0.25, 0.3) is 0 Å². The SMILES string of the molecule is CCOc1cccc(-c2[nH]nc3ncccc23)c1. The van der Waals surface area contributed by atoms with E-state index in [-0.39, 0.29) is 0 Å². The normalized spacial score (nSPS) is 10.7. The predicted octanol–water partition coefficient (Wildman–Crippen LogP) is 3.02. The molecule has 0 aliphatic rings. The number of aromatic nitrogens is 3. The highest BCUT2D eigenvalue weighted by Crippen LogP contribution is 2.27. The van der Waals surface area contributed by atoms with Crippen LogP contribution >= 0.6 is 0 Å². The standard InChI is InChI=1S/C14H13N3O/c1-2-18-11-6-3-5-10(9-11)13-12-7-4-8-15-14(12)17-16-13/h3-9H,2H2,1H3,(H,15,16,17). The fourth-order valence-electron chi connectivity index (χ4n) is 1.98. The Morgan fingerprint density at radius 1 is 1.22 bits per heavy atom. The predicted molar refractivity (Wildman–Crippen MR) is 70.5 cm³/mol. The quantitative estimate of drug-likeness (QED) is 0.764. The number of aromatic amines is 1. The zero-order valence-electron chi connectivity index (χ0n) is 10.1. The molecule has 3 rings (SSSR count). The van der Waals surface area contributed by atoms with Crippen LogP contribution in [0.3, 0.4) is 0 Å². The average Bonchev–Trinajstić information content (AvgIpc) is 2.83. The minimum atomic E-state index is 0.661. The van der Waals surface area contributed by atoms with E-state index in [1.807, 2.05) is 43.3 Å². The third-order valence-electron chi connectivity index (χ3n) is 2.76. The van der Waals surface area contributed by atoms with Crippen molar-refractivity contribution in [1.82, 2.24) is 15.2 Å². The van der Waals surface area contributed by atoms with Crippen molar-refractivity contribution in [2.75, 3.05) is 6.61 Å². The van der Waals surface area contributed by atoms with E-state index >= 15 is 0 Å². The van der Waals surface area contributed by atoms with Gasteiger partial charge in [0.1, 0.15) is 5.75 Å². The van der Waals surface area contributed by atoms with Gasteiger partial charge in [-0.05, 0) is 31.2 Å². The molecule has 0 bridgehead atoms. The van der Waals surface area contributed by atoms with E-state index in [0.29, 0.717) is 6.61 Å². The van der Waals surface area contributed by atoms with Gasteiger partial charge < -0.3 is 4.74 Å². The lowest BCUT2D eigenvalue weighted by Gasteiger charge is -2.04. The third-order valence-corrected chi connectivity index (χ3v) is 2.76. The van der Waals surface area contributed by atoms with Crippen LogP contribution in [0.15, 0.2) is 42.6 Å². The van der Waals surface area contributed by atoms with Crippen molar-refractivity contribution >= 4 is 11.0 Å². The second-order valence-electron chi connectivity index (χ2n) is 3.93. The molecule has 0 aliphatic carbocycles. The topological polar surface area (TPSA) is 50.8 Å². The second-order valence-corrected chi connectivity index (χ2v) is 3.93. The Morgan fingerprint density at radius 3 is 3.06 bits per heavy atom. The molecule has 0 aliphatic heterocycles. The monoisotopic (exact) mass is 239 g/mol. The fraction of sp³-hybridized carbons (Fsp3) is 0.143. The number of nitrogens with one attached hydrogen (secondary N) is 1. The molecule has 0 spiro atoms. The average molecular weight is 239 g/mol. The van der Waals surface area contributed by atoms with Crippen LogP contribution in [0.5, 0.6) is 5.75 Å². The highest BCUT2D eigenvalue weighted by Gasteiger charge is 2.08. The highest BCUT2D eigenvalue weighted by atomic mass is 16.5. The molecular weight excluding hydrogens is 226 g/mol. The van der Waals surface area contributed by atoms with Crippen LogP contribution in [-0.4, -0.2) is 21.8 Å². The summed E-state index contributed by atoms with van der Waals surface area (Å²) in [4.78, 5) is 4.21. The van der Waals surface area contributed by atoms with Gasteiger partial charge in [0, 0.05) is 17.1 Å². The van der Waals surface area contributed by atoms with Crippen molar-refractivity contribution in [3.63, 3.8) is 0 Å². The van der Waals surface area contributed by atoms with Crippen LogP contribution in [0.2, 0.25) is 0 Å². The maximum absolute atomic E-state index is 5.51. The second kappa shape index (κ2) is 4.49. The number of ether oxygens (including phenoxy) is 1. The molecule has 0 saturated carbocycles. The highest BCUT2D eigenvalue weighted by molar-refractivity contribution is 5.90. The molecule has 4 nitrogen and oxygen atoms in total.